The maximum atomic E-state index is 12.4. The SMILES string of the molecule is CCc1cc(C(=O)c2ccc(OC)cc2)ccc1C(=O)O. The lowest BCUT2D eigenvalue weighted by atomic mass is 9.97. The molecule has 0 aliphatic carbocycles. The summed E-state index contributed by atoms with van der Waals surface area (Å²) in [5.74, 6) is -0.429. The number of aryl methyl sites for hydroxylation is 1. The first-order valence-electron chi connectivity index (χ1n) is 6.61. The fourth-order valence-corrected chi connectivity index (χ4v) is 2.15. The fraction of sp³-hybridized carbons (Fsp3) is 0.176. The van der Waals surface area contributed by atoms with Crippen LogP contribution in [0.15, 0.2) is 42.5 Å². The molecule has 0 radical (unpaired) electrons. The third-order valence-corrected chi connectivity index (χ3v) is 3.33. The van der Waals surface area contributed by atoms with Crippen LogP contribution in [0.1, 0.15) is 38.8 Å². The second kappa shape index (κ2) is 6.22. The Balaban J connectivity index is 2.36. The molecule has 21 heavy (non-hydrogen) atoms. The van der Waals surface area contributed by atoms with Crippen LogP contribution in [0.4, 0.5) is 0 Å². The molecule has 0 heterocycles. The van der Waals surface area contributed by atoms with Gasteiger partial charge < -0.3 is 9.84 Å². The zero-order valence-corrected chi connectivity index (χ0v) is 11.9. The van der Waals surface area contributed by atoms with Crippen molar-refractivity contribution in [2.45, 2.75) is 13.3 Å². The highest BCUT2D eigenvalue weighted by atomic mass is 16.5. The van der Waals surface area contributed by atoms with E-state index >= 15 is 0 Å². The second-order valence-corrected chi connectivity index (χ2v) is 4.59. The Labute approximate surface area is 123 Å². The predicted octanol–water partition coefficient (Wildman–Crippen LogP) is 3.19. The van der Waals surface area contributed by atoms with Crippen LogP contribution in [0.25, 0.3) is 0 Å². The molecule has 4 heteroatoms. The largest absolute Gasteiger partial charge is 0.497 e. The summed E-state index contributed by atoms with van der Waals surface area (Å²) in [5.41, 5.74) is 1.92. The summed E-state index contributed by atoms with van der Waals surface area (Å²) in [5, 5.41) is 9.10. The first-order chi connectivity index (χ1) is 10.1. The van der Waals surface area contributed by atoms with Gasteiger partial charge in [-0.1, -0.05) is 13.0 Å². The zero-order valence-electron chi connectivity index (χ0n) is 11.9. The van der Waals surface area contributed by atoms with Crippen molar-refractivity contribution in [2.24, 2.45) is 0 Å². The van der Waals surface area contributed by atoms with Crippen molar-refractivity contribution in [1.29, 1.82) is 0 Å². The number of carbonyl (C=O) groups excluding carboxylic acids is 1. The standard InChI is InChI=1S/C17H16O4/c1-3-11-10-13(6-9-15(11)17(19)20)16(18)12-4-7-14(21-2)8-5-12/h4-10H,3H2,1-2H3,(H,19,20). The number of carbonyl (C=O) groups is 2. The molecule has 0 unspecified atom stereocenters. The van der Waals surface area contributed by atoms with Gasteiger partial charge in [-0.2, -0.15) is 0 Å². The molecule has 0 aliphatic rings. The summed E-state index contributed by atoms with van der Waals surface area (Å²) in [4.78, 5) is 23.5. The molecule has 108 valence electrons. The van der Waals surface area contributed by atoms with E-state index in [4.69, 9.17) is 9.84 Å². The molecule has 0 fully saturated rings. The number of hydrogen-bond donors (Lipinski definition) is 1. The number of benzene rings is 2. The average molecular weight is 284 g/mol. The minimum Gasteiger partial charge on any atom is -0.497 e. The monoisotopic (exact) mass is 284 g/mol. The van der Waals surface area contributed by atoms with Gasteiger partial charge in [0.15, 0.2) is 5.78 Å². The van der Waals surface area contributed by atoms with Crippen molar-refractivity contribution in [1.82, 2.24) is 0 Å². The summed E-state index contributed by atoms with van der Waals surface area (Å²) in [6, 6.07) is 11.5. The van der Waals surface area contributed by atoms with Gasteiger partial charge in [-0.3, -0.25) is 4.79 Å². The zero-order chi connectivity index (χ0) is 15.4. The van der Waals surface area contributed by atoms with Crippen molar-refractivity contribution < 1.29 is 19.4 Å². The molecule has 0 bridgehead atoms. The Kier molecular flexibility index (Phi) is 4.38. The van der Waals surface area contributed by atoms with Gasteiger partial charge in [-0.25, -0.2) is 4.79 Å². The van der Waals surface area contributed by atoms with Crippen molar-refractivity contribution in [2.75, 3.05) is 7.11 Å². The molecule has 1 N–H and O–H groups in total. The number of carboxylic acid groups (broad SMARTS) is 1. The van der Waals surface area contributed by atoms with Crippen LogP contribution in [0.5, 0.6) is 5.75 Å². The number of ketones is 1. The van der Waals surface area contributed by atoms with Crippen molar-refractivity contribution in [3.05, 3.63) is 64.7 Å². The van der Waals surface area contributed by atoms with E-state index in [2.05, 4.69) is 0 Å². The molecular formula is C17H16O4. The molecule has 0 saturated heterocycles. The molecular weight excluding hydrogens is 268 g/mol. The lowest BCUT2D eigenvalue weighted by molar-refractivity contribution is 0.0695. The molecule has 2 aromatic rings. The molecule has 0 atom stereocenters. The van der Waals surface area contributed by atoms with Crippen LogP contribution in [-0.2, 0) is 6.42 Å². The Bertz CT molecular complexity index is 672. The number of carboxylic acids is 1. The molecule has 0 spiro atoms. The third kappa shape index (κ3) is 3.11. The Morgan fingerprint density at radius 3 is 2.19 bits per heavy atom. The summed E-state index contributed by atoms with van der Waals surface area (Å²) >= 11 is 0. The van der Waals surface area contributed by atoms with E-state index in [1.165, 1.54) is 6.07 Å². The smallest absolute Gasteiger partial charge is 0.335 e. The van der Waals surface area contributed by atoms with Crippen LogP contribution in [-0.4, -0.2) is 24.0 Å². The molecule has 4 nitrogen and oxygen atoms in total. The van der Waals surface area contributed by atoms with Gasteiger partial charge in [0.2, 0.25) is 0 Å². The van der Waals surface area contributed by atoms with Gasteiger partial charge in [-0.15, -0.1) is 0 Å². The van der Waals surface area contributed by atoms with Gasteiger partial charge >= 0.3 is 5.97 Å². The summed E-state index contributed by atoms with van der Waals surface area (Å²) in [6.45, 7) is 1.86. The Morgan fingerprint density at radius 1 is 1.05 bits per heavy atom. The van der Waals surface area contributed by atoms with Gasteiger partial charge in [0.1, 0.15) is 5.75 Å². The number of ether oxygens (including phenoxy) is 1. The van der Waals surface area contributed by atoms with Crippen molar-refractivity contribution in [3.8, 4) is 5.75 Å². The molecule has 0 aliphatic heterocycles. The van der Waals surface area contributed by atoms with Gasteiger partial charge in [0, 0.05) is 11.1 Å². The maximum Gasteiger partial charge on any atom is 0.335 e. The van der Waals surface area contributed by atoms with Crippen LogP contribution in [0.2, 0.25) is 0 Å². The van der Waals surface area contributed by atoms with Crippen molar-refractivity contribution in [3.63, 3.8) is 0 Å². The second-order valence-electron chi connectivity index (χ2n) is 4.59. The predicted molar refractivity (Wildman–Crippen MR) is 79.2 cm³/mol. The first-order valence-corrected chi connectivity index (χ1v) is 6.61. The lowest BCUT2D eigenvalue weighted by Crippen LogP contribution is -2.06. The Morgan fingerprint density at radius 2 is 1.67 bits per heavy atom. The topological polar surface area (TPSA) is 63.6 Å². The number of aromatic carboxylic acids is 1. The molecule has 2 rings (SSSR count). The van der Waals surface area contributed by atoms with Crippen LogP contribution < -0.4 is 4.74 Å². The minimum atomic E-state index is -0.977. The van der Waals surface area contributed by atoms with Crippen molar-refractivity contribution >= 4 is 11.8 Å². The Hall–Kier alpha value is -2.62. The first kappa shape index (κ1) is 14.8. The molecule has 0 aromatic heterocycles. The summed E-state index contributed by atoms with van der Waals surface area (Å²) < 4.78 is 5.06. The maximum absolute atomic E-state index is 12.4. The number of hydrogen-bond acceptors (Lipinski definition) is 3. The highest BCUT2D eigenvalue weighted by Crippen LogP contribution is 2.18. The normalized spacial score (nSPS) is 10.2. The van der Waals surface area contributed by atoms with Gasteiger partial charge in [-0.05, 0) is 48.4 Å². The van der Waals surface area contributed by atoms with Crippen LogP contribution in [0.3, 0.4) is 0 Å². The number of methoxy groups -OCH3 is 1. The van der Waals surface area contributed by atoms with Crippen LogP contribution in [0, 0.1) is 0 Å². The van der Waals surface area contributed by atoms with E-state index in [1.54, 1.807) is 43.5 Å². The van der Waals surface area contributed by atoms with E-state index in [-0.39, 0.29) is 11.3 Å². The molecule has 0 amide bonds. The van der Waals surface area contributed by atoms with E-state index in [9.17, 15) is 9.59 Å². The highest BCUT2D eigenvalue weighted by molar-refractivity contribution is 6.09. The third-order valence-electron chi connectivity index (χ3n) is 3.33. The van der Waals surface area contributed by atoms with E-state index in [0.717, 1.165) is 0 Å². The summed E-state index contributed by atoms with van der Waals surface area (Å²) in [6.07, 6.45) is 0.561. The average Bonchev–Trinajstić information content (AvgIpc) is 2.53. The molecule has 2 aromatic carbocycles. The summed E-state index contributed by atoms with van der Waals surface area (Å²) in [7, 11) is 1.56. The van der Waals surface area contributed by atoms with Gasteiger partial charge in [0.25, 0.3) is 0 Å². The molecule has 0 saturated carbocycles. The van der Waals surface area contributed by atoms with E-state index in [1.807, 2.05) is 6.92 Å². The van der Waals surface area contributed by atoms with Gasteiger partial charge in [0.05, 0.1) is 12.7 Å². The number of rotatable bonds is 5. The quantitative estimate of drug-likeness (QED) is 0.856. The van der Waals surface area contributed by atoms with E-state index < -0.39 is 5.97 Å². The minimum absolute atomic E-state index is 0.135. The van der Waals surface area contributed by atoms with E-state index in [0.29, 0.717) is 28.9 Å². The lowest BCUT2D eigenvalue weighted by Gasteiger charge is -2.07. The fourth-order valence-electron chi connectivity index (χ4n) is 2.15. The highest BCUT2D eigenvalue weighted by Gasteiger charge is 2.14. The van der Waals surface area contributed by atoms with Crippen LogP contribution >= 0.6 is 0 Å².